The molecule has 2 heteroatoms. The number of rotatable bonds is 0. The lowest BCUT2D eigenvalue weighted by atomic mass is 10.2. The van der Waals surface area contributed by atoms with Crippen molar-refractivity contribution < 1.29 is 4.74 Å². The minimum Gasteiger partial charge on any atom is -0.496 e. The quantitative estimate of drug-likeness (QED) is 0.616. The van der Waals surface area contributed by atoms with E-state index in [9.17, 15) is 0 Å². The molecule has 0 aliphatic carbocycles. The maximum atomic E-state index is 8.80. The lowest BCUT2D eigenvalue weighted by Crippen LogP contribution is -1.89. The summed E-state index contributed by atoms with van der Waals surface area (Å²) in [6.45, 7) is 0.296. The monoisotopic (exact) mass is 211 g/mol. The molecular weight excluding hydrogens is 198 g/mol. The van der Waals surface area contributed by atoms with Crippen LogP contribution in [0, 0.1) is 11.3 Å². The van der Waals surface area contributed by atoms with Gasteiger partial charge in [-0.15, -0.1) is 0 Å². The normalized spacial score (nSPS) is 16.1. The van der Waals surface area contributed by atoms with Crippen LogP contribution in [0.3, 0.4) is 0 Å². The molecule has 80 valence electrons. The Kier molecular flexibility index (Phi) is 5.96. The molecule has 0 aromatic carbocycles. The third-order valence-corrected chi connectivity index (χ3v) is 1.74. The average Bonchev–Trinajstić information content (AvgIpc) is 2.32. The zero-order valence-electron chi connectivity index (χ0n) is 8.91. The molecule has 0 bridgehead atoms. The highest BCUT2D eigenvalue weighted by Gasteiger charge is 1.91. The Bertz CT molecular complexity index is 415. The zero-order chi connectivity index (χ0) is 11.5. The largest absolute Gasteiger partial charge is 0.496 e. The van der Waals surface area contributed by atoms with Crippen LogP contribution in [0.4, 0.5) is 0 Å². The molecule has 0 fully saturated rings. The lowest BCUT2D eigenvalue weighted by molar-refractivity contribution is 0.284. The van der Waals surface area contributed by atoms with Crippen LogP contribution < -0.4 is 0 Å². The van der Waals surface area contributed by atoms with Crippen molar-refractivity contribution in [3.63, 3.8) is 0 Å². The molecule has 0 aromatic rings. The minimum atomic E-state index is 0.296. The maximum absolute atomic E-state index is 8.80. The summed E-state index contributed by atoms with van der Waals surface area (Å²) in [4.78, 5) is 0. The van der Waals surface area contributed by atoms with E-state index in [-0.39, 0.29) is 0 Å². The molecule has 16 heavy (non-hydrogen) atoms. The third-order valence-electron chi connectivity index (χ3n) is 1.74. The molecule has 0 atom stereocenters. The Morgan fingerprint density at radius 3 is 2.06 bits per heavy atom. The van der Waals surface area contributed by atoms with Crippen molar-refractivity contribution in [3.8, 4) is 6.07 Å². The van der Waals surface area contributed by atoms with Gasteiger partial charge < -0.3 is 4.74 Å². The molecule has 0 spiro atoms. The first-order valence-electron chi connectivity index (χ1n) is 4.97. The molecule has 0 unspecified atom stereocenters. The zero-order valence-corrected chi connectivity index (χ0v) is 8.91. The molecule has 1 rings (SSSR count). The summed E-state index contributed by atoms with van der Waals surface area (Å²) in [5.41, 5.74) is 0.589. The van der Waals surface area contributed by atoms with Crippen molar-refractivity contribution in [1.82, 2.24) is 0 Å². The number of nitrogens with zero attached hydrogens (tertiary/aromatic N) is 1. The van der Waals surface area contributed by atoms with Crippen molar-refractivity contribution >= 4 is 0 Å². The van der Waals surface area contributed by atoms with Crippen molar-refractivity contribution in [2.24, 2.45) is 0 Å². The Morgan fingerprint density at radius 1 is 0.875 bits per heavy atom. The van der Waals surface area contributed by atoms with Gasteiger partial charge in [-0.3, -0.25) is 0 Å². The van der Waals surface area contributed by atoms with Gasteiger partial charge in [0.05, 0.1) is 17.9 Å². The molecule has 0 saturated carbocycles. The highest BCUT2D eigenvalue weighted by Crippen LogP contribution is 1.96. The molecule has 1 aliphatic rings. The molecule has 1 heterocycles. The molecule has 0 amide bonds. The standard InChI is InChI=1S/C14H13NO/c15-12-14-10-8-6-4-2-1-3-5-7-9-11-16-13-14/h1-11H,13H2. The van der Waals surface area contributed by atoms with Crippen LogP contribution in [0.5, 0.6) is 0 Å². The van der Waals surface area contributed by atoms with Crippen LogP contribution in [0.25, 0.3) is 0 Å². The number of allylic oxidation sites excluding steroid dienone is 10. The number of ether oxygens (including phenoxy) is 1. The van der Waals surface area contributed by atoms with Crippen LogP contribution in [0.15, 0.2) is 72.6 Å². The third kappa shape index (κ3) is 5.46. The second-order valence-corrected chi connectivity index (χ2v) is 2.98. The Morgan fingerprint density at radius 2 is 1.44 bits per heavy atom. The van der Waals surface area contributed by atoms with Gasteiger partial charge in [-0.1, -0.05) is 48.6 Å². The lowest BCUT2D eigenvalue weighted by Gasteiger charge is -1.96. The van der Waals surface area contributed by atoms with E-state index in [0.29, 0.717) is 12.2 Å². The van der Waals surface area contributed by atoms with E-state index in [1.165, 1.54) is 0 Å². The maximum Gasteiger partial charge on any atom is 0.122 e. The minimum absolute atomic E-state index is 0.296. The predicted octanol–water partition coefficient (Wildman–Crippen LogP) is 3.21. The van der Waals surface area contributed by atoms with Crippen molar-refractivity contribution in [3.05, 3.63) is 72.6 Å². The summed E-state index contributed by atoms with van der Waals surface area (Å²) < 4.78 is 5.18. The van der Waals surface area contributed by atoms with Crippen LogP contribution in [0.1, 0.15) is 0 Å². The smallest absolute Gasteiger partial charge is 0.122 e. The number of hydrogen-bond acceptors (Lipinski definition) is 2. The summed E-state index contributed by atoms with van der Waals surface area (Å²) in [5.74, 6) is 0. The average molecular weight is 211 g/mol. The topological polar surface area (TPSA) is 33.0 Å². The van der Waals surface area contributed by atoms with E-state index in [4.69, 9.17) is 10.00 Å². The van der Waals surface area contributed by atoms with Crippen molar-refractivity contribution in [2.75, 3.05) is 6.61 Å². The van der Waals surface area contributed by atoms with Crippen LogP contribution >= 0.6 is 0 Å². The van der Waals surface area contributed by atoms with Gasteiger partial charge in [0.1, 0.15) is 6.61 Å². The SMILES string of the molecule is N#CC1=CC=CC=CC=CC=CC=COC1. The summed E-state index contributed by atoms with van der Waals surface area (Å²) in [6, 6.07) is 2.08. The molecular formula is C14H13NO. The molecule has 2 nitrogen and oxygen atoms in total. The highest BCUT2D eigenvalue weighted by molar-refractivity contribution is 5.28. The van der Waals surface area contributed by atoms with E-state index in [2.05, 4.69) is 6.07 Å². The molecule has 0 aromatic heterocycles. The van der Waals surface area contributed by atoms with Gasteiger partial charge in [0, 0.05) is 0 Å². The first-order valence-corrected chi connectivity index (χ1v) is 4.97. The van der Waals surface area contributed by atoms with Gasteiger partial charge in [0.25, 0.3) is 0 Å². The van der Waals surface area contributed by atoms with Crippen molar-refractivity contribution in [1.29, 1.82) is 5.26 Å². The van der Waals surface area contributed by atoms with Crippen LogP contribution in [-0.2, 0) is 4.74 Å². The van der Waals surface area contributed by atoms with Gasteiger partial charge in [0.2, 0.25) is 0 Å². The summed E-state index contributed by atoms with van der Waals surface area (Å²) in [6.07, 6.45) is 20.2. The Balaban J connectivity index is 2.75. The van der Waals surface area contributed by atoms with E-state index in [0.717, 1.165) is 0 Å². The van der Waals surface area contributed by atoms with Crippen LogP contribution in [-0.4, -0.2) is 6.61 Å². The summed E-state index contributed by atoms with van der Waals surface area (Å²) >= 11 is 0. The fourth-order valence-corrected chi connectivity index (χ4v) is 0.977. The first-order chi connectivity index (χ1) is 7.93. The van der Waals surface area contributed by atoms with E-state index < -0.39 is 0 Å². The van der Waals surface area contributed by atoms with Gasteiger partial charge >= 0.3 is 0 Å². The number of nitriles is 1. The van der Waals surface area contributed by atoms with Crippen molar-refractivity contribution in [2.45, 2.75) is 0 Å². The Hall–Kier alpha value is -2.27. The second kappa shape index (κ2) is 8.07. The fourth-order valence-electron chi connectivity index (χ4n) is 0.977. The molecule has 0 radical (unpaired) electrons. The van der Waals surface area contributed by atoms with E-state index >= 15 is 0 Å². The van der Waals surface area contributed by atoms with E-state index in [1.807, 2.05) is 48.6 Å². The van der Waals surface area contributed by atoms with Gasteiger partial charge in [0.15, 0.2) is 0 Å². The van der Waals surface area contributed by atoms with E-state index in [1.54, 1.807) is 18.4 Å². The first kappa shape index (κ1) is 11.8. The van der Waals surface area contributed by atoms with Gasteiger partial charge in [-0.05, 0) is 12.2 Å². The summed E-state index contributed by atoms with van der Waals surface area (Å²) in [5, 5.41) is 8.80. The second-order valence-electron chi connectivity index (χ2n) is 2.98. The van der Waals surface area contributed by atoms with Gasteiger partial charge in [-0.2, -0.15) is 5.26 Å². The predicted molar refractivity (Wildman–Crippen MR) is 65.3 cm³/mol. The van der Waals surface area contributed by atoms with Crippen LogP contribution in [0.2, 0.25) is 0 Å². The highest BCUT2D eigenvalue weighted by atomic mass is 16.5. The summed E-state index contributed by atoms with van der Waals surface area (Å²) in [7, 11) is 0. The molecule has 0 N–H and O–H groups in total. The Labute approximate surface area is 95.8 Å². The molecule has 1 aliphatic heterocycles. The fraction of sp³-hybridized carbons (Fsp3) is 0.0714. The van der Waals surface area contributed by atoms with Gasteiger partial charge in [-0.25, -0.2) is 0 Å². The number of hydrogen-bond donors (Lipinski definition) is 0. The molecule has 0 saturated heterocycles.